The lowest BCUT2D eigenvalue weighted by Crippen LogP contribution is -2.60. The molecule has 6 atom stereocenters. The van der Waals surface area contributed by atoms with E-state index in [2.05, 4.69) is 26.6 Å². The van der Waals surface area contributed by atoms with Crippen molar-refractivity contribution in [3.8, 4) is 11.5 Å². The molecule has 0 saturated carbocycles. The molecule has 1 fully saturated rings. The number of likely N-dealkylation sites (tertiary alicyclic amines) is 1. The number of nitrogens with zero attached hydrogens (tertiary/aromatic N) is 2. The van der Waals surface area contributed by atoms with Crippen molar-refractivity contribution in [1.82, 2.24) is 36.4 Å². The van der Waals surface area contributed by atoms with E-state index in [1.54, 1.807) is 38.1 Å². The number of nitrogens with one attached hydrogen (secondary N) is 5. The minimum atomic E-state index is -1.89. The van der Waals surface area contributed by atoms with Crippen LogP contribution in [0.2, 0.25) is 0 Å². The SMILES string of the molecule is CC(C)C[C@H](NC(=O)[C@H](CCN)NC(=O)[C@H](CC(=O)O)NC(=O)[C@H](CCC(=O)O)NC(=O)CCCCNC(=O)c1ccc(Oc2ccc(C(N)=O)cc2)cc1)C(=O)N(C)[C@@H](CCC(=O)O)C(=O)N1CCC[C@H]1CC(N)=O. The van der Waals surface area contributed by atoms with Gasteiger partial charge in [-0.3, -0.25) is 57.5 Å². The molecule has 0 aliphatic carbocycles. The van der Waals surface area contributed by atoms with Crippen LogP contribution in [-0.4, -0.2) is 159 Å². The third-order valence-electron chi connectivity index (χ3n) is 12.2. The first kappa shape index (κ1) is 62.1. The van der Waals surface area contributed by atoms with Crippen LogP contribution in [0.5, 0.6) is 11.5 Å². The quantitative estimate of drug-likeness (QED) is 0.0409. The van der Waals surface area contributed by atoms with E-state index in [-0.39, 0.29) is 64.1 Å². The Morgan fingerprint density at radius 1 is 0.684 bits per heavy atom. The third-order valence-corrected chi connectivity index (χ3v) is 12.2. The number of benzene rings is 2. The number of likely N-dealkylation sites (N-methyl/N-ethyl adjacent to an activating group) is 1. The van der Waals surface area contributed by atoms with Crippen molar-refractivity contribution in [3.63, 3.8) is 0 Å². The van der Waals surface area contributed by atoms with Gasteiger partial charge >= 0.3 is 17.9 Å². The van der Waals surface area contributed by atoms with Gasteiger partial charge in [0.05, 0.1) is 6.42 Å². The maximum atomic E-state index is 14.2. The van der Waals surface area contributed by atoms with Crippen LogP contribution in [0.25, 0.3) is 0 Å². The molecule has 0 bridgehead atoms. The summed E-state index contributed by atoms with van der Waals surface area (Å²) in [6.07, 6.45) is -2.01. The van der Waals surface area contributed by atoms with E-state index < -0.39 is 133 Å². The number of aliphatic carboxylic acids is 3. The highest BCUT2D eigenvalue weighted by molar-refractivity contribution is 5.98. The fraction of sp³-hybridized carbons (Fsp3) is 0.520. The zero-order chi connectivity index (χ0) is 56.6. The molecule has 26 nitrogen and oxygen atoms in total. The number of primary amides is 2. The van der Waals surface area contributed by atoms with Gasteiger partial charge in [0.2, 0.25) is 47.3 Å². The van der Waals surface area contributed by atoms with E-state index in [1.807, 2.05) is 0 Å². The van der Waals surface area contributed by atoms with Gasteiger partial charge < -0.3 is 73.6 Å². The summed E-state index contributed by atoms with van der Waals surface area (Å²) in [5.41, 5.74) is 17.1. The lowest BCUT2D eigenvalue weighted by Gasteiger charge is -2.35. The van der Waals surface area contributed by atoms with E-state index in [4.69, 9.17) is 21.9 Å². The lowest BCUT2D eigenvalue weighted by atomic mass is 9.99. The monoisotopic (exact) mass is 1070 g/mol. The molecule has 26 heteroatoms. The predicted molar refractivity (Wildman–Crippen MR) is 270 cm³/mol. The molecule has 3 rings (SSSR count). The Hall–Kier alpha value is -8.16. The largest absolute Gasteiger partial charge is 0.481 e. The van der Waals surface area contributed by atoms with Crippen molar-refractivity contribution >= 4 is 71.1 Å². The van der Waals surface area contributed by atoms with Gasteiger partial charge in [-0.25, -0.2) is 0 Å². The fourth-order valence-electron chi connectivity index (χ4n) is 8.25. The third kappa shape index (κ3) is 21.0. The molecule has 1 saturated heterocycles. The van der Waals surface area contributed by atoms with E-state index in [1.165, 1.54) is 36.2 Å². The number of hydrogen-bond acceptors (Lipinski definition) is 14. The second-order valence-corrected chi connectivity index (χ2v) is 18.7. The van der Waals surface area contributed by atoms with Gasteiger partial charge in [-0.15, -0.1) is 0 Å². The van der Waals surface area contributed by atoms with Crippen molar-refractivity contribution in [2.45, 2.75) is 134 Å². The Bertz CT molecular complexity index is 2400. The van der Waals surface area contributed by atoms with Crippen molar-refractivity contribution in [2.24, 2.45) is 23.1 Å². The van der Waals surface area contributed by atoms with E-state index >= 15 is 0 Å². The van der Waals surface area contributed by atoms with Crippen LogP contribution in [-0.2, 0) is 47.9 Å². The Morgan fingerprint density at radius 2 is 1.22 bits per heavy atom. The number of rotatable bonds is 33. The highest BCUT2D eigenvalue weighted by Gasteiger charge is 2.40. The first-order valence-electron chi connectivity index (χ1n) is 24.8. The molecule has 416 valence electrons. The van der Waals surface area contributed by atoms with Gasteiger partial charge in [0.25, 0.3) is 5.91 Å². The van der Waals surface area contributed by atoms with Crippen LogP contribution in [0, 0.1) is 5.92 Å². The average Bonchev–Trinajstić information content (AvgIpc) is 3.81. The second-order valence-electron chi connectivity index (χ2n) is 18.7. The average molecular weight is 1070 g/mol. The normalized spacial score (nSPS) is 14.9. The first-order valence-corrected chi connectivity index (χ1v) is 24.8. The molecule has 0 aromatic heterocycles. The molecule has 2 aromatic rings. The Kier molecular flexibility index (Phi) is 25.3. The maximum Gasteiger partial charge on any atom is 0.305 e. The summed E-state index contributed by atoms with van der Waals surface area (Å²) in [5, 5.41) is 40.9. The van der Waals surface area contributed by atoms with Crippen LogP contribution < -0.4 is 48.5 Å². The lowest BCUT2D eigenvalue weighted by molar-refractivity contribution is -0.148. The summed E-state index contributed by atoms with van der Waals surface area (Å²) in [5.74, 6) is -10.5. The van der Waals surface area contributed by atoms with Crippen molar-refractivity contribution in [2.75, 3.05) is 26.7 Å². The summed E-state index contributed by atoms with van der Waals surface area (Å²) in [6, 6.07) is 4.14. The van der Waals surface area contributed by atoms with Gasteiger partial charge in [-0.05, 0) is 112 Å². The Morgan fingerprint density at radius 3 is 1.76 bits per heavy atom. The second kappa shape index (κ2) is 30.9. The van der Waals surface area contributed by atoms with E-state index in [0.29, 0.717) is 41.9 Å². The fourth-order valence-corrected chi connectivity index (χ4v) is 8.25. The number of carbonyl (C=O) groups is 12. The molecular formula is C50H70N10O16. The summed E-state index contributed by atoms with van der Waals surface area (Å²) in [7, 11) is 1.28. The maximum absolute atomic E-state index is 14.2. The molecule has 1 aliphatic rings. The number of nitrogens with two attached hydrogens (primary N) is 3. The van der Waals surface area contributed by atoms with Crippen LogP contribution in [0.1, 0.15) is 118 Å². The van der Waals surface area contributed by atoms with Crippen LogP contribution in [0.15, 0.2) is 48.5 Å². The van der Waals surface area contributed by atoms with Crippen molar-refractivity contribution in [1.29, 1.82) is 0 Å². The number of unbranched alkanes of at least 4 members (excludes halogenated alkanes) is 1. The van der Waals surface area contributed by atoms with Gasteiger partial charge in [-0.2, -0.15) is 0 Å². The molecule has 0 spiro atoms. The number of ether oxygens (including phenoxy) is 1. The van der Waals surface area contributed by atoms with Gasteiger partial charge in [0, 0.05) is 63.0 Å². The number of hydrogen-bond donors (Lipinski definition) is 11. The predicted octanol–water partition coefficient (Wildman–Crippen LogP) is -0.290. The zero-order valence-corrected chi connectivity index (χ0v) is 42.7. The Labute approximate surface area is 438 Å². The molecule has 1 heterocycles. The number of carbonyl (C=O) groups excluding carboxylic acids is 9. The molecule has 1 aliphatic heterocycles. The van der Waals surface area contributed by atoms with Gasteiger partial charge in [0.15, 0.2) is 0 Å². The smallest absolute Gasteiger partial charge is 0.305 e. The number of carboxylic acids is 3. The van der Waals surface area contributed by atoms with Gasteiger partial charge in [0.1, 0.15) is 41.7 Å². The minimum Gasteiger partial charge on any atom is -0.481 e. The molecule has 2 aromatic carbocycles. The van der Waals surface area contributed by atoms with Gasteiger partial charge in [-0.1, -0.05) is 13.8 Å². The van der Waals surface area contributed by atoms with Crippen molar-refractivity contribution in [3.05, 3.63) is 59.7 Å². The van der Waals surface area contributed by atoms with E-state index in [0.717, 1.165) is 4.90 Å². The molecule has 0 unspecified atom stereocenters. The minimum absolute atomic E-state index is 0.00332. The highest BCUT2D eigenvalue weighted by Crippen LogP contribution is 2.25. The zero-order valence-electron chi connectivity index (χ0n) is 42.7. The number of carboxylic acid groups (broad SMARTS) is 3. The highest BCUT2D eigenvalue weighted by atomic mass is 16.5. The van der Waals surface area contributed by atoms with Crippen LogP contribution in [0.3, 0.4) is 0 Å². The summed E-state index contributed by atoms with van der Waals surface area (Å²) >= 11 is 0. The van der Waals surface area contributed by atoms with E-state index in [9.17, 15) is 72.9 Å². The molecule has 9 amide bonds. The number of amides is 9. The van der Waals surface area contributed by atoms with Crippen LogP contribution >= 0.6 is 0 Å². The topological polar surface area (TPSA) is 419 Å². The first-order chi connectivity index (χ1) is 35.9. The molecule has 0 radical (unpaired) electrons. The molecule has 14 N–H and O–H groups in total. The van der Waals surface area contributed by atoms with Crippen molar-refractivity contribution < 1.29 is 77.6 Å². The standard InChI is InChI=1S/C50H70N10O16/c1-28(2)25-37(49(74)59(3)38(18-20-42(65)66)50(75)60-24-6-7-31(60)26-39(52)61)58-47(72)35(21-22-51)56-48(73)36(27-43(67)68)57-46(71)34(17-19-41(63)64)55-40(62)8-4-5-23-54-45(70)30-11-15-33(16-12-30)76-32-13-9-29(10-14-32)44(53)69/h9-16,28,31,34-38H,4-8,17-27,51H2,1-3H3,(H2,52,61)(H2,53,69)(H,54,70)(H,55,62)(H,56,73)(H,57,71)(H,58,72)(H,63,64)(H,65,66)(H,67,68)/t31-,34-,35-,36-,37-,38-/m0/s1. The Balaban J connectivity index is 1.65. The summed E-state index contributed by atoms with van der Waals surface area (Å²) in [6.45, 7) is 3.65. The molecule has 76 heavy (non-hydrogen) atoms. The van der Waals surface area contributed by atoms with Crippen LogP contribution in [0.4, 0.5) is 0 Å². The molecular weight excluding hydrogens is 997 g/mol. The summed E-state index contributed by atoms with van der Waals surface area (Å²) in [4.78, 5) is 156. The summed E-state index contributed by atoms with van der Waals surface area (Å²) < 4.78 is 5.72.